The van der Waals surface area contributed by atoms with E-state index in [9.17, 15) is 4.79 Å². The summed E-state index contributed by atoms with van der Waals surface area (Å²) in [5.41, 5.74) is 2.04. The molecule has 2 rings (SSSR count). The average Bonchev–Trinajstić information content (AvgIpc) is 2.30. The number of aliphatic carboxylic acids is 1. The third-order valence-corrected chi connectivity index (χ3v) is 2.69. The minimum absolute atomic E-state index is 0.0611. The minimum atomic E-state index is -0.883. The molecule has 0 saturated carbocycles. The molecule has 0 aliphatic carbocycles. The zero-order valence-corrected chi connectivity index (χ0v) is 9.69. The van der Waals surface area contributed by atoms with Crippen LogP contribution in [0.5, 0.6) is 0 Å². The SMILES string of the molecule is O=C(O)Cc1cccnc1-c1ccccc1Cl. The maximum atomic E-state index is 10.8. The number of aromatic nitrogens is 1. The molecule has 0 bridgehead atoms. The van der Waals surface area contributed by atoms with E-state index in [1.54, 1.807) is 24.4 Å². The molecule has 0 saturated heterocycles. The van der Waals surface area contributed by atoms with Gasteiger partial charge >= 0.3 is 5.97 Å². The van der Waals surface area contributed by atoms with Gasteiger partial charge in [-0.2, -0.15) is 0 Å². The van der Waals surface area contributed by atoms with Gasteiger partial charge in [0.05, 0.1) is 12.1 Å². The molecule has 2 aromatic rings. The molecule has 0 unspecified atom stereocenters. The first-order valence-electron chi connectivity index (χ1n) is 5.09. The second-order valence-electron chi connectivity index (χ2n) is 3.56. The van der Waals surface area contributed by atoms with Crippen molar-refractivity contribution in [2.24, 2.45) is 0 Å². The van der Waals surface area contributed by atoms with Crippen LogP contribution in [0, 0.1) is 0 Å². The lowest BCUT2D eigenvalue weighted by molar-refractivity contribution is -0.136. The highest BCUT2D eigenvalue weighted by molar-refractivity contribution is 6.33. The van der Waals surface area contributed by atoms with Gasteiger partial charge in [-0.05, 0) is 17.7 Å². The van der Waals surface area contributed by atoms with Crippen LogP contribution in [0.15, 0.2) is 42.6 Å². The summed E-state index contributed by atoms with van der Waals surface area (Å²) in [4.78, 5) is 15.0. The van der Waals surface area contributed by atoms with Crippen molar-refractivity contribution in [3.63, 3.8) is 0 Å². The lowest BCUT2D eigenvalue weighted by atomic mass is 10.0. The summed E-state index contributed by atoms with van der Waals surface area (Å²) in [7, 11) is 0. The van der Waals surface area contributed by atoms with Gasteiger partial charge in [0.25, 0.3) is 0 Å². The molecule has 1 heterocycles. The van der Waals surface area contributed by atoms with E-state index in [1.807, 2.05) is 18.2 Å². The van der Waals surface area contributed by atoms with Crippen LogP contribution in [0.4, 0.5) is 0 Å². The molecule has 1 aromatic heterocycles. The Kier molecular flexibility index (Phi) is 3.40. The molecule has 0 fully saturated rings. The van der Waals surface area contributed by atoms with Gasteiger partial charge in [0.1, 0.15) is 0 Å². The third kappa shape index (κ3) is 2.63. The molecular formula is C13H10ClNO2. The van der Waals surface area contributed by atoms with Crippen LogP contribution in [-0.2, 0) is 11.2 Å². The van der Waals surface area contributed by atoms with Crippen LogP contribution in [0.3, 0.4) is 0 Å². The number of carboxylic acids is 1. The van der Waals surface area contributed by atoms with Crippen molar-refractivity contribution in [1.82, 2.24) is 4.98 Å². The van der Waals surface area contributed by atoms with Crippen LogP contribution in [0.2, 0.25) is 5.02 Å². The Hall–Kier alpha value is -1.87. The highest BCUT2D eigenvalue weighted by Crippen LogP contribution is 2.28. The largest absolute Gasteiger partial charge is 0.481 e. The van der Waals surface area contributed by atoms with Crippen LogP contribution in [0.25, 0.3) is 11.3 Å². The Morgan fingerprint density at radius 3 is 2.71 bits per heavy atom. The van der Waals surface area contributed by atoms with Crippen LogP contribution < -0.4 is 0 Å². The van der Waals surface area contributed by atoms with Gasteiger partial charge in [0.15, 0.2) is 0 Å². The number of pyridine rings is 1. The first kappa shape index (κ1) is 11.6. The Bertz CT molecular complexity index is 555. The Morgan fingerprint density at radius 2 is 2.00 bits per heavy atom. The second kappa shape index (κ2) is 4.97. The number of nitrogens with zero attached hydrogens (tertiary/aromatic N) is 1. The van der Waals surface area contributed by atoms with E-state index in [-0.39, 0.29) is 6.42 Å². The number of carbonyl (C=O) groups is 1. The molecule has 0 aliphatic rings. The van der Waals surface area contributed by atoms with Gasteiger partial charge in [0, 0.05) is 16.8 Å². The number of hydrogen-bond donors (Lipinski definition) is 1. The molecule has 86 valence electrons. The van der Waals surface area contributed by atoms with E-state index in [0.29, 0.717) is 16.3 Å². The number of halogens is 1. The first-order valence-corrected chi connectivity index (χ1v) is 5.47. The van der Waals surface area contributed by atoms with Gasteiger partial charge in [-0.25, -0.2) is 0 Å². The average molecular weight is 248 g/mol. The molecule has 0 amide bonds. The fourth-order valence-corrected chi connectivity index (χ4v) is 1.87. The second-order valence-corrected chi connectivity index (χ2v) is 3.97. The quantitative estimate of drug-likeness (QED) is 0.907. The van der Waals surface area contributed by atoms with Crippen molar-refractivity contribution in [3.05, 3.63) is 53.2 Å². The molecule has 1 N–H and O–H groups in total. The zero-order valence-electron chi connectivity index (χ0n) is 8.93. The summed E-state index contributed by atoms with van der Waals surface area (Å²) >= 11 is 6.08. The minimum Gasteiger partial charge on any atom is -0.481 e. The summed E-state index contributed by atoms with van der Waals surface area (Å²) in [5.74, 6) is -0.883. The van der Waals surface area contributed by atoms with Crippen molar-refractivity contribution in [1.29, 1.82) is 0 Å². The van der Waals surface area contributed by atoms with E-state index >= 15 is 0 Å². The molecule has 0 atom stereocenters. The fraction of sp³-hybridized carbons (Fsp3) is 0.0769. The monoisotopic (exact) mass is 247 g/mol. The third-order valence-electron chi connectivity index (χ3n) is 2.36. The topological polar surface area (TPSA) is 50.2 Å². The van der Waals surface area contributed by atoms with Crippen LogP contribution >= 0.6 is 11.6 Å². The van der Waals surface area contributed by atoms with E-state index in [4.69, 9.17) is 16.7 Å². The van der Waals surface area contributed by atoms with Gasteiger partial charge in [0.2, 0.25) is 0 Å². The van der Waals surface area contributed by atoms with Gasteiger partial charge in [-0.3, -0.25) is 9.78 Å². The van der Waals surface area contributed by atoms with Crippen LogP contribution in [0.1, 0.15) is 5.56 Å². The van der Waals surface area contributed by atoms with E-state index < -0.39 is 5.97 Å². The predicted octanol–water partition coefficient (Wildman–Crippen LogP) is 3.03. The van der Waals surface area contributed by atoms with Crippen molar-refractivity contribution < 1.29 is 9.90 Å². The van der Waals surface area contributed by atoms with Crippen molar-refractivity contribution in [3.8, 4) is 11.3 Å². The van der Waals surface area contributed by atoms with Crippen molar-refractivity contribution in [2.75, 3.05) is 0 Å². The molecule has 3 nitrogen and oxygen atoms in total. The maximum Gasteiger partial charge on any atom is 0.307 e. The molecule has 1 aromatic carbocycles. The lowest BCUT2D eigenvalue weighted by Crippen LogP contribution is -2.03. The smallest absolute Gasteiger partial charge is 0.307 e. The molecule has 4 heteroatoms. The standard InChI is InChI=1S/C13H10ClNO2/c14-11-6-2-1-5-10(11)13-9(8-12(16)17)4-3-7-15-13/h1-7H,8H2,(H,16,17). The molecule has 17 heavy (non-hydrogen) atoms. The molecule has 0 radical (unpaired) electrons. The van der Waals surface area contributed by atoms with Gasteiger partial charge in [-0.1, -0.05) is 35.9 Å². The molecular weight excluding hydrogens is 238 g/mol. The number of rotatable bonds is 3. The Morgan fingerprint density at radius 1 is 1.24 bits per heavy atom. The van der Waals surface area contributed by atoms with E-state index in [2.05, 4.69) is 4.98 Å². The fourth-order valence-electron chi connectivity index (χ4n) is 1.64. The van der Waals surface area contributed by atoms with E-state index in [1.165, 1.54) is 0 Å². The zero-order chi connectivity index (χ0) is 12.3. The van der Waals surface area contributed by atoms with Gasteiger partial charge < -0.3 is 5.11 Å². The summed E-state index contributed by atoms with van der Waals surface area (Å²) in [6.07, 6.45) is 1.57. The Balaban J connectivity index is 2.52. The highest BCUT2D eigenvalue weighted by Gasteiger charge is 2.11. The van der Waals surface area contributed by atoms with E-state index in [0.717, 1.165) is 5.56 Å². The summed E-state index contributed by atoms with van der Waals surface area (Å²) in [6.45, 7) is 0. The van der Waals surface area contributed by atoms with Crippen molar-refractivity contribution >= 4 is 17.6 Å². The maximum absolute atomic E-state index is 10.8. The number of hydrogen-bond acceptors (Lipinski definition) is 2. The highest BCUT2D eigenvalue weighted by atomic mass is 35.5. The summed E-state index contributed by atoms with van der Waals surface area (Å²) in [5, 5.41) is 9.41. The summed E-state index contributed by atoms with van der Waals surface area (Å²) in [6, 6.07) is 10.7. The lowest BCUT2D eigenvalue weighted by Gasteiger charge is -2.07. The molecule has 0 spiro atoms. The van der Waals surface area contributed by atoms with Gasteiger partial charge in [-0.15, -0.1) is 0 Å². The Labute approximate surface area is 104 Å². The van der Waals surface area contributed by atoms with Crippen molar-refractivity contribution in [2.45, 2.75) is 6.42 Å². The number of carboxylic acid groups (broad SMARTS) is 1. The normalized spacial score (nSPS) is 10.2. The summed E-state index contributed by atoms with van der Waals surface area (Å²) < 4.78 is 0. The molecule has 0 aliphatic heterocycles. The first-order chi connectivity index (χ1) is 8.18. The number of benzene rings is 1. The predicted molar refractivity (Wildman–Crippen MR) is 66.0 cm³/mol. The van der Waals surface area contributed by atoms with Crippen LogP contribution in [-0.4, -0.2) is 16.1 Å².